The normalized spacial score (nSPS) is 15.8. The van der Waals surface area contributed by atoms with Crippen LogP contribution in [0, 0.1) is 0 Å². The van der Waals surface area contributed by atoms with Gasteiger partial charge in [0.2, 0.25) is 11.9 Å². The van der Waals surface area contributed by atoms with Crippen LogP contribution in [0.2, 0.25) is 0 Å². The zero-order valence-electron chi connectivity index (χ0n) is 11.8. The molecule has 1 aromatic rings. The quantitative estimate of drug-likeness (QED) is 0.613. The lowest BCUT2D eigenvalue weighted by atomic mass is 10.2. The van der Waals surface area contributed by atoms with Gasteiger partial charge >= 0.3 is 6.01 Å². The first-order chi connectivity index (χ1) is 9.10. The van der Waals surface area contributed by atoms with Gasteiger partial charge in [-0.2, -0.15) is 15.0 Å². The van der Waals surface area contributed by atoms with Crippen LogP contribution in [0.1, 0.15) is 39.5 Å². The predicted molar refractivity (Wildman–Crippen MR) is 74.1 cm³/mol. The first-order valence-corrected chi connectivity index (χ1v) is 6.72. The Morgan fingerprint density at radius 3 is 2.53 bits per heavy atom. The average molecular weight is 266 g/mol. The fourth-order valence-corrected chi connectivity index (χ4v) is 2.29. The summed E-state index contributed by atoms with van der Waals surface area (Å²) in [5.74, 6) is 6.32. The van der Waals surface area contributed by atoms with Crippen LogP contribution < -0.4 is 20.9 Å². The summed E-state index contributed by atoms with van der Waals surface area (Å²) in [4.78, 5) is 14.8. The number of nitrogens with zero attached hydrogens (tertiary/aromatic N) is 4. The van der Waals surface area contributed by atoms with Gasteiger partial charge in [0.05, 0.1) is 6.10 Å². The maximum Gasteiger partial charge on any atom is 0.323 e. The molecule has 3 N–H and O–H groups in total. The van der Waals surface area contributed by atoms with Crippen LogP contribution in [0.25, 0.3) is 0 Å². The molecule has 0 aromatic carbocycles. The van der Waals surface area contributed by atoms with Crippen molar-refractivity contribution < 1.29 is 4.74 Å². The number of anilines is 2. The standard InChI is InChI=1S/C12H22N6O/c1-8(2)19-12-15-10(17-13)14-11(16-12)18(3)9-6-4-5-7-9/h8-9H,4-7,13H2,1-3H3,(H,14,15,16,17). The molecule has 0 spiro atoms. The molecule has 0 amide bonds. The summed E-state index contributed by atoms with van der Waals surface area (Å²) in [6.45, 7) is 3.86. The predicted octanol–water partition coefficient (Wildman–Crippen LogP) is 1.32. The molecule has 19 heavy (non-hydrogen) atoms. The van der Waals surface area contributed by atoms with Crippen molar-refractivity contribution in [3.05, 3.63) is 0 Å². The summed E-state index contributed by atoms with van der Waals surface area (Å²) in [5.41, 5.74) is 2.46. The first kappa shape index (κ1) is 13.8. The molecule has 1 aliphatic rings. The van der Waals surface area contributed by atoms with E-state index in [4.69, 9.17) is 10.6 Å². The molecule has 0 atom stereocenters. The highest BCUT2D eigenvalue weighted by Gasteiger charge is 2.22. The number of hydrogen-bond donors (Lipinski definition) is 2. The fraction of sp³-hybridized carbons (Fsp3) is 0.750. The minimum absolute atomic E-state index is 0.0117. The maximum absolute atomic E-state index is 5.53. The Balaban J connectivity index is 2.22. The molecule has 1 heterocycles. The van der Waals surface area contributed by atoms with Gasteiger partial charge in [0.15, 0.2) is 0 Å². The molecule has 0 aliphatic heterocycles. The van der Waals surface area contributed by atoms with Crippen LogP contribution in [-0.2, 0) is 0 Å². The van der Waals surface area contributed by atoms with E-state index in [0.717, 1.165) is 0 Å². The van der Waals surface area contributed by atoms with Gasteiger partial charge in [0, 0.05) is 13.1 Å². The fourth-order valence-electron chi connectivity index (χ4n) is 2.29. The number of hydrogen-bond acceptors (Lipinski definition) is 7. The van der Waals surface area contributed by atoms with Crippen LogP contribution in [0.3, 0.4) is 0 Å². The second-order valence-corrected chi connectivity index (χ2v) is 5.10. The Hall–Kier alpha value is -1.63. The van der Waals surface area contributed by atoms with Crippen molar-refractivity contribution in [1.29, 1.82) is 0 Å². The molecule has 0 radical (unpaired) electrons. The van der Waals surface area contributed by atoms with Crippen LogP contribution >= 0.6 is 0 Å². The Morgan fingerprint density at radius 2 is 1.95 bits per heavy atom. The number of rotatable bonds is 5. The molecule has 2 rings (SSSR count). The number of aromatic nitrogens is 3. The highest BCUT2D eigenvalue weighted by atomic mass is 16.5. The molecule has 106 valence electrons. The lowest BCUT2D eigenvalue weighted by Crippen LogP contribution is -2.31. The van der Waals surface area contributed by atoms with Crippen molar-refractivity contribution in [3.8, 4) is 6.01 Å². The van der Waals surface area contributed by atoms with E-state index in [1.807, 2.05) is 20.9 Å². The van der Waals surface area contributed by atoms with E-state index in [-0.39, 0.29) is 6.10 Å². The van der Waals surface area contributed by atoms with Gasteiger partial charge in [-0.1, -0.05) is 12.8 Å². The zero-order valence-corrected chi connectivity index (χ0v) is 11.8. The van der Waals surface area contributed by atoms with Gasteiger partial charge < -0.3 is 9.64 Å². The van der Waals surface area contributed by atoms with Crippen LogP contribution in [-0.4, -0.2) is 34.1 Å². The van der Waals surface area contributed by atoms with Crippen molar-refractivity contribution in [2.24, 2.45) is 5.84 Å². The van der Waals surface area contributed by atoms with Gasteiger partial charge in [-0.15, -0.1) is 0 Å². The molecule has 7 heteroatoms. The van der Waals surface area contributed by atoms with E-state index in [1.165, 1.54) is 25.7 Å². The van der Waals surface area contributed by atoms with E-state index in [9.17, 15) is 0 Å². The maximum atomic E-state index is 5.53. The minimum Gasteiger partial charge on any atom is -0.461 e. The van der Waals surface area contributed by atoms with E-state index in [1.54, 1.807) is 0 Å². The van der Waals surface area contributed by atoms with Gasteiger partial charge in [-0.3, -0.25) is 5.43 Å². The van der Waals surface area contributed by atoms with Crippen molar-refractivity contribution >= 4 is 11.9 Å². The van der Waals surface area contributed by atoms with Gasteiger partial charge in [0.25, 0.3) is 0 Å². The SMILES string of the molecule is CC(C)Oc1nc(NN)nc(N(C)C2CCCC2)n1. The lowest BCUT2D eigenvalue weighted by molar-refractivity contribution is 0.222. The minimum atomic E-state index is 0.0117. The summed E-state index contributed by atoms with van der Waals surface area (Å²) in [7, 11) is 2.00. The van der Waals surface area contributed by atoms with E-state index >= 15 is 0 Å². The number of nitrogens with two attached hydrogens (primary N) is 1. The van der Waals surface area contributed by atoms with Crippen LogP contribution in [0.15, 0.2) is 0 Å². The first-order valence-electron chi connectivity index (χ1n) is 6.72. The summed E-state index contributed by atoms with van der Waals surface area (Å²) < 4.78 is 5.53. The monoisotopic (exact) mass is 266 g/mol. The molecule has 1 saturated carbocycles. The Morgan fingerprint density at radius 1 is 1.26 bits per heavy atom. The van der Waals surface area contributed by atoms with Crippen LogP contribution in [0.4, 0.5) is 11.9 Å². The molecule has 0 bridgehead atoms. The van der Waals surface area contributed by atoms with E-state index < -0.39 is 0 Å². The number of nitrogen functional groups attached to an aromatic ring is 1. The van der Waals surface area contributed by atoms with E-state index in [0.29, 0.717) is 23.9 Å². The Bertz CT molecular complexity index is 419. The van der Waals surface area contributed by atoms with E-state index in [2.05, 4.69) is 25.3 Å². The second-order valence-electron chi connectivity index (χ2n) is 5.10. The smallest absolute Gasteiger partial charge is 0.323 e. The highest BCUT2D eigenvalue weighted by molar-refractivity contribution is 5.38. The summed E-state index contributed by atoms with van der Waals surface area (Å²) in [5, 5.41) is 0. The summed E-state index contributed by atoms with van der Waals surface area (Å²) >= 11 is 0. The molecule has 0 unspecified atom stereocenters. The molecular formula is C12H22N6O. The summed E-state index contributed by atoms with van der Waals surface area (Å²) in [6, 6.07) is 0.790. The number of hydrazine groups is 1. The van der Waals surface area contributed by atoms with Crippen molar-refractivity contribution in [1.82, 2.24) is 15.0 Å². The third kappa shape index (κ3) is 3.44. The van der Waals surface area contributed by atoms with Crippen LogP contribution in [0.5, 0.6) is 6.01 Å². The van der Waals surface area contributed by atoms with Crippen molar-refractivity contribution in [2.45, 2.75) is 51.7 Å². The molecular weight excluding hydrogens is 244 g/mol. The zero-order chi connectivity index (χ0) is 13.8. The lowest BCUT2D eigenvalue weighted by Gasteiger charge is -2.24. The largest absolute Gasteiger partial charge is 0.461 e. The van der Waals surface area contributed by atoms with Crippen molar-refractivity contribution in [3.63, 3.8) is 0 Å². The molecule has 0 saturated heterocycles. The summed E-state index contributed by atoms with van der Waals surface area (Å²) in [6.07, 6.45) is 4.88. The topological polar surface area (TPSA) is 89.2 Å². The Kier molecular flexibility index (Phi) is 4.36. The van der Waals surface area contributed by atoms with Gasteiger partial charge in [0.1, 0.15) is 0 Å². The van der Waals surface area contributed by atoms with Crippen molar-refractivity contribution in [2.75, 3.05) is 17.4 Å². The highest BCUT2D eigenvalue weighted by Crippen LogP contribution is 2.26. The molecule has 1 aliphatic carbocycles. The third-order valence-corrected chi connectivity index (χ3v) is 3.26. The average Bonchev–Trinajstić information content (AvgIpc) is 2.90. The number of nitrogens with one attached hydrogen (secondary N) is 1. The van der Waals surface area contributed by atoms with Gasteiger partial charge in [-0.25, -0.2) is 5.84 Å². The number of ether oxygens (including phenoxy) is 1. The van der Waals surface area contributed by atoms with Gasteiger partial charge in [-0.05, 0) is 26.7 Å². The molecule has 1 fully saturated rings. The molecule has 1 aromatic heterocycles. The Labute approximate surface area is 113 Å². The third-order valence-electron chi connectivity index (χ3n) is 3.26. The second kappa shape index (κ2) is 6.01. The molecule has 7 nitrogen and oxygen atoms in total.